The van der Waals surface area contributed by atoms with E-state index in [1.54, 1.807) is 6.20 Å². The molecule has 2 rings (SSSR count). The molecule has 0 radical (unpaired) electrons. The minimum atomic E-state index is 0.476. The number of benzene rings is 1. The Morgan fingerprint density at radius 1 is 1.30 bits per heavy atom. The summed E-state index contributed by atoms with van der Waals surface area (Å²) in [5.41, 5.74) is 1.93. The van der Waals surface area contributed by atoms with Crippen molar-refractivity contribution in [2.24, 2.45) is 0 Å². The molecule has 1 aromatic carbocycles. The van der Waals surface area contributed by atoms with E-state index in [0.717, 1.165) is 23.4 Å². The summed E-state index contributed by atoms with van der Waals surface area (Å²) in [7, 11) is 0. The van der Waals surface area contributed by atoms with Crippen LogP contribution in [0.5, 0.6) is 11.6 Å². The third kappa shape index (κ3) is 3.41. The Morgan fingerprint density at radius 3 is 2.55 bits per heavy atom. The maximum Gasteiger partial charge on any atom is 0.238 e. The van der Waals surface area contributed by atoms with Crippen LogP contribution in [-0.4, -0.2) is 16.5 Å². The van der Waals surface area contributed by atoms with Crippen molar-refractivity contribution >= 4 is 33.5 Å². The van der Waals surface area contributed by atoms with Gasteiger partial charge in [0, 0.05) is 11.6 Å². The van der Waals surface area contributed by atoms with E-state index in [0.29, 0.717) is 21.3 Å². The molecule has 0 aliphatic carbocycles. The van der Waals surface area contributed by atoms with E-state index in [-0.39, 0.29) is 0 Å². The largest absolute Gasteiger partial charge is 0.437 e. The Morgan fingerprint density at radius 2 is 1.95 bits per heavy atom. The van der Waals surface area contributed by atoms with Crippen LogP contribution < -0.4 is 10.1 Å². The van der Waals surface area contributed by atoms with E-state index in [1.807, 2.05) is 32.9 Å². The number of ether oxygens (including phenoxy) is 1. The van der Waals surface area contributed by atoms with Gasteiger partial charge in [0.25, 0.3) is 0 Å². The lowest BCUT2D eigenvalue weighted by Crippen LogP contribution is -2.03. The molecule has 1 heterocycles. The number of nitrogens with zero attached hydrogens (tertiary/aromatic N) is 2. The van der Waals surface area contributed by atoms with Crippen LogP contribution >= 0.6 is 27.5 Å². The lowest BCUT2D eigenvalue weighted by molar-refractivity contribution is 0.452. The van der Waals surface area contributed by atoms with Crippen LogP contribution in [0.15, 0.2) is 22.8 Å². The van der Waals surface area contributed by atoms with Crippen molar-refractivity contribution in [2.75, 3.05) is 11.9 Å². The van der Waals surface area contributed by atoms with Gasteiger partial charge in [-0.25, -0.2) is 4.98 Å². The Kier molecular flexibility index (Phi) is 4.83. The first-order valence-corrected chi connectivity index (χ1v) is 7.39. The van der Waals surface area contributed by atoms with Crippen molar-refractivity contribution < 1.29 is 4.74 Å². The van der Waals surface area contributed by atoms with Crippen molar-refractivity contribution in [3.05, 3.63) is 39.0 Å². The zero-order chi connectivity index (χ0) is 14.7. The number of rotatable bonds is 4. The fraction of sp³-hybridized carbons (Fsp3) is 0.286. The fourth-order valence-electron chi connectivity index (χ4n) is 1.82. The predicted molar refractivity (Wildman–Crippen MR) is 84.9 cm³/mol. The zero-order valence-electron chi connectivity index (χ0n) is 11.5. The highest BCUT2D eigenvalue weighted by Gasteiger charge is 2.12. The summed E-state index contributed by atoms with van der Waals surface area (Å²) >= 11 is 9.42. The summed E-state index contributed by atoms with van der Waals surface area (Å²) < 4.78 is 6.62. The van der Waals surface area contributed by atoms with Crippen LogP contribution in [0.25, 0.3) is 0 Å². The molecule has 0 aliphatic heterocycles. The van der Waals surface area contributed by atoms with Crippen LogP contribution in [0.1, 0.15) is 18.1 Å². The standard InChI is InChI=1S/C14H15BrClN3O/c1-4-17-14-18-7-11(15)13(19-14)20-12-8(2)5-10(16)6-9(12)3/h5-7H,4H2,1-3H3,(H,17,18,19). The summed E-state index contributed by atoms with van der Waals surface area (Å²) in [6.07, 6.45) is 1.67. The molecular formula is C14H15BrClN3O. The van der Waals surface area contributed by atoms with Crippen LogP contribution in [-0.2, 0) is 0 Å². The number of nitrogens with one attached hydrogen (secondary N) is 1. The molecule has 0 spiro atoms. The Bertz CT molecular complexity index is 611. The van der Waals surface area contributed by atoms with Gasteiger partial charge in [0.1, 0.15) is 5.75 Å². The van der Waals surface area contributed by atoms with Crippen molar-refractivity contribution in [1.29, 1.82) is 0 Å². The lowest BCUT2D eigenvalue weighted by atomic mass is 10.1. The molecule has 1 N–H and O–H groups in total. The van der Waals surface area contributed by atoms with Crippen molar-refractivity contribution in [2.45, 2.75) is 20.8 Å². The molecule has 6 heteroatoms. The van der Waals surface area contributed by atoms with E-state index in [1.165, 1.54) is 0 Å². The summed E-state index contributed by atoms with van der Waals surface area (Å²) in [5.74, 6) is 1.77. The van der Waals surface area contributed by atoms with Crippen LogP contribution in [0, 0.1) is 13.8 Å². The number of aryl methyl sites for hydroxylation is 2. The minimum absolute atomic E-state index is 0.476. The summed E-state index contributed by atoms with van der Waals surface area (Å²) in [4.78, 5) is 8.50. The molecule has 4 nitrogen and oxygen atoms in total. The quantitative estimate of drug-likeness (QED) is 0.860. The smallest absolute Gasteiger partial charge is 0.238 e. The van der Waals surface area contributed by atoms with Crippen molar-refractivity contribution in [1.82, 2.24) is 9.97 Å². The second-order valence-corrected chi connectivity index (χ2v) is 5.64. The molecule has 0 amide bonds. The first-order valence-electron chi connectivity index (χ1n) is 6.22. The van der Waals surface area contributed by atoms with Gasteiger partial charge in [-0.1, -0.05) is 11.6 Å². The molecule has 106 valence electrons. The van der Waals surface area contributed by atoms with Gasteiger partial charge >= 0.3 is 0 Å². The molecular weight excluding hydrogens is 342 g/mol. The van der Waals surface area contributed by atoms with Gasteiger partial charge in [-0.2, -0.15) is 4.98 Å². The monoisotopic (exact) mass is 355 g/mol. The van der Waals surface area contributed by atoms with E-state index >= 15 is 0 Å². The third-order valence-corrected chi connectivity index (χ3v) is 3.43. The molecule has 0 bridgehead atoms. The molecule has 2 aromatic rings. The Balaban J connectivity index is 2.37. The average Bonchev–Trinajstić information content (AvgIpc) is 2.37. The first-order chi connectivity index (χ1) is 9.51. The van der Waals surface area contributed by atoms with Crippen molar-refractivity contribution in [3.63, 3.8) is 0 Å². The minimum Gasteiger partial charge on any atom is -0.437 e. The predicted octanol–water partition coefficient (Wildman–Crippen LogP) is 4.73. The van der Waals surface area contributed by atoms with Gasteiger partial charge in [-0.3, -0.25) is 0 Å². The number of hydrogen-bond donors (Lipinski definition) is 1. The molecule has 0 atom stereocenters. The molecule has 0 unspecified atom stereocenters. The fourth-order valence-corrected chi connectivity index (χ4v) is 2.42. The second kappa shape index (κ2) is 6.41. The number of halogens is 2. The van der Waals surface area contributed by atoms with Crippen LogP contribution in [0.2, 0.25) is 5.02 Å². The van der Waals surface area contributed by atoms with Gasteiger partial charge in [-0.05, 0) is 60.0 Å². The van der Waals surface area contributed by atoms with E-state index in [2.05, 4.69) is 31.2 Å². The van der Waals surface area contributed by atoms with E-state index in [4.69, 9.17) is 16.3 Å². The number of aromatic nitrogens is 2. The maximum absolute atomic E-state index is 6.02. The molecule has 20 heavy (non-hydrogen) atoms. The molecule has 0 saturated heterocycles. The topological polar surface area (TPSA) is 47.0 Å². The molecule has 0 aliphatic rings. The molecule has 1 aromatic heterocycles. The Labute approximate surface area is 131 Å². The highest BCUT2D eigenvalue weighted by atomic mass is 79.9. The third-order valence-electron chi connectivity index (χ3n) is 2.67. The van der Waals surface area contributed by atoms with Gasteiger partial charge in [-0.15, -0.1) is 0 Å². The van der Waals surface area contributed by atoms with Crippen LogP contribution in [0.3, 0.4) is 0 Å². The summed E-state index contributed by atoms with van der Waals surface area (Å²) in [5, 5.41) is 3.75. The number of anilines is 1. The van der Waals surface area contributed by atoms with Crippen molar-refractivity contribution in [3.8, 4) is 11.6 Å². The van der Waals surface area contributed by atoms with Gasteiger partial charge in [0.05, 0.1) is 10.7 Å². The van der Waals surface area contributed by atoms with Gasteiger partial charge in [0.15, 0.2) is 0 Å². The average molecular weight is 357 g/mol. The van der Waals surface area contributed by atoms with Gasteiger partial charge in [0.2, 0.25) is 11.8 Å². The zero-order valence-corrected chi connectivity index (χ0v) is 13.8. The molecule has 0 fully saturated rings. The Hall–Kier alpha value is -1.33. The van der Waals surface area contributed by atoms with Gasteiger partial charge < -0.3 is 10.1 Å². The maximum atomic E-state index is 6.02. The highest BCUT2D eigenvalue weighted by Crippen LogP contribution is 2.33. The normalized spacial score (nSPS) is 10.4. The summed E-state index contributed by atoms with van der Waals surface area (Å²) in [6.45, 7) is 6.64. The second-order valence-electron chi connectivity index (χ2n) is 4.35. The van der Waals surface area contributed by atoms with E-state index < -0.39 is 0 Å². The SMILES string of the molecule is CCNc1ncc(Br)c(Oc2c(C)cc(Cl)cc2C)n1. The van der Waals surface area contributed by atoms with Crippen LogP contribution in [0.4, 0.5) is 5.95 Å². The summed E-state index contributed by atoms with van der Waals surface area (Å²) in [6, 6.07) is 3.73. The molecule has 0 saturated carbocycles. The first kappa shape index (κ1) is 15.1. The highest BCUT2D eigenvalue weighted by molar-refractivity contribution is 9.10. The lowest BCUT2D eigenvalue weighted by Gasteiger charge is -2.13. The van der Waals surface area contributed by atoms with E-state index in [9.17, 15) is 0 Å². The number of hydrogen-bond acceptors (Lipinski definition) is 4.